The molecule has 0 saturated heterocycles. The second-order valence-electron chi connectivity index (χ2n) is 7.47. The van der Waals surface area contributed by atoms with Gasteiger partial charge in [-0.2, -0.15) is 0 Å². The van der Waals surface area contributed by atoms with Gasteiger partial charge in [-0.05, 0) is 36.9 Å². The standard InChI is InChI=1S/C20H30NSi/c1-15(2)12-17-13-18(22(5,6)7)14-21(4)20(17)19-11-9-8-10-16(19)3/h8-11,13-15H,12H2,1-7H3/q+1/i12D2. The van der Waals surface area contributed by atoms with Crippen LogP contribution < -0.4 is 9.75 Å². The van der Waals surface area contributed by atoms with E-state index < -0.39 is 14.4 Å². The molecule has 0 amide bonds. The first kappa shape index (κ1) is 14.2. The fraction of sp³-hybridized carbons (Fsp3) is 0.450. The molecule has 1 aromatic carbocycles. The molecule has 0 aliphatic carbocycles. The van der Waals surface area contributed by atoms with Gasteiger partial charge in [0.1, 0.15) is 7.05 Å². The van der Waals surface area contributed by atoms with Crippen LogP contribution in [0.4, 0.5) is 0 Å². The van der Waals surface area contributed by atoms with Crippen molar-refractivity contribution in [2.24, 2.45) is 13.0 Å². The molecule has 0 radical (unpaired) electrons. The highest BCUT2D eigenvalue weighted by atomic mass is 28.3. The molecule has 0 unspecified atom stereocenters. The minimum Gasteiger partial charge on any atom is -0.201 e. The highest BCUT2D eigenvalue weighted by molar-refractivity contribution is 6.88. The van der Waals surface area contributed by atoms with Crippen LogP contribution in [0.25, 0.3) is 11.3 Å². The van der Waals surface area contributed by atoms with Gasteiger partial charge in [0.15, 0.2) is 6.20 Å². The van der Waals surface area contributed by atoms with Crippen molar-refractivity contribution in [1.82, 2.24) is 0 Å². The van der Waals surface area contributed by atoms with Crippen molar-refractivity contribution < 1.29 is 7.31 Å². The maximum atomic E-state index is 8.75. The summed E-state index contributed by atoms with van der Waals surface area (Å²) in [6.07, 6.45) is 0.832. The monoisotopic (exact) mass is 314 g/mol. The molecule has 1 heterocycles. The summed E-state index contributed by atoms with van der Waals surface area (Å²) in [6, 6.07) is 10.4. The average molecular weight is 315 g/mol. The molecular weight excluding hydrogens is 282 g/mol. The molecule has 0 spiro atoms. The van der Waals surface area contributed by atoms with Crippen LogP contribution in [0, 0.1) is 12.8 Å². The SMILES string of the molecule is [2H]C([2H])(c1cc([Si](C)(C)C)c[n+](C)c1-c1ccccc1C)C(C)C. The van der Waals surface area contributed by atoms with E-state index in [0.29, 0.717) is 0 Å². The van der Waals surface area contributed by atoms with Crippen LogP contribution in [-0.4, -0.2) is 8.07 Å². The number of pyridine rings is 1. The summed E-state index contributed by atoms with van der Waals surface area (Å²) < 4.78 is 19.6. The van der Waals surface area contributed by atoms with Crippen LogP contribution in [0.3, 0.4) is 0 Å². The quantitative estimate of drug-likeness (QED) is 0.587. The average Bonchev–Trinajstić information content (AvgIpc) is 2.46. The van der Waals surface area contributed by atoms with Gasteiger partial charge in [0.25, 0.3) is 0 Å². The largest absolute Gasteiger partial charge is 0.215 e. The van der Waals surface area contributed by atoms with E-state index in [4.69, 9.17) is 2.74 Å². The van der Waals surface area contributed by atoms with Gasteiger partial charge in [0.05, 0.1) is 8.07 Å². The first-order chi connectivity index (χ1) is 11.0. The van der Waals surface area contributed by atoms with E-state index in [1.807, 2.05) is 33.0 Å². The summed E-state index contributed by atoms with van der Waals surface area (Å²) in [5.74, 6) is -0.0860. The molecule has 22 heavy (non-hydrogen) atoms. The third-order valence-electron chi connectivity index (χ3n) is 3.95. The zero-order valence-electron chi connectivity index (χ0n) is 17.0. The first-order valence-electron chi connectivity index (χ1n) is 9.07. The van der Waals surface area contributed by atoms with Crippen molar-refractivity contribution >= 4 is 13.3 Å². The smallest absolute Gasteiger partial charge is 0.201 e. The van der Waals surface area contributed by atoms with Crippen LogP contribution in [0.2, 0.25) is 19.6 Å². The fourth-order valence-electron chi connectivity index (χ4n) is 2.73. The van der Waals surface area contributed by atoms with Gasteiger partial charge in [0, 0.05) is 19.1 Å². The van der Waals surface area contributed by atoms with Crippen molar-refractivity contribution in [3.8, 4) is 11.3 Å². The Morgan fingerprint density at radius 2 is 1.82 bits per heavy atom. The number of aromatic nitrogens is 1. The number of hydrogen-bond donors (Lipinski definition) is 0. The molecule has 0 fully saturated rings. The zero-order valence-corrected chi connectivity index (χ0v) is 16.0. The van der Waals surface area contributed by atoms with E-state index in [1.165, 1.54) is 10.8 Å². The van der Waals surface area contributed by atoms with E-state index in [0.717, 1.165) is 16.8 Å². The van der Waals surface area contributed by atoms with Crippen molar-refractivity contribution in [2.45, 2.75) is 46.8 Å². The van der Waals surface area contributed by atoms with Crippen LogP contribution in [0.15, 0.2) is 36.5 Å². The highest BCUT2D eigenvalue weighted by Crippen LogP contribution is 2.25. The van der Waals surface area contributed by atoms with E-state index in [2.05, 4.69) is 55.5 Å². The second kappa shape index (κ2) is 6.37. The Hall–Kier alpha value is -1.41. The summed E-state index contributed by atoms with van der Waals surface area (Å²) in [5, 5.41) is 1.29. The number of benzene rings is 1. The molecule has 118 valence electrons. The number of rotatable bonds is 4. The lowest BCUT2D eigenvalue weighted by Crippen LogP contribution is -2.46. The Balaban J connectivity index is 2.87. The minimum atomic E-state index is -1.53. The Morgan fingerprint density at radius 1 is 1.18 bits per heavy atom. The van der Waals surface area contributed by atoms with Crippen molar-refractivity contribution in [3.05, 3.63) is 47.7 Å². The lowest BCUT2D eigenvalue weighted by atomic mass is 9.95. The summed E-state index contributed by atoms with van der Waals surface area (Å²) in [7, 11) is 0.512. The number of aryl methyl sites for hydroxylation is 2. The van der Waals surface area contributed by atoms with E-state index in [-0.39, 0.29) is 5.92 Å². The topological polar surface area (TPSA) is 3.88 Å². The van der Waals surface area contributed by atoms with Crippen LogP contribution in [0.5, 0.6) is 0 Å². The molecule has 0 N–H and O–H groups in total. The van der Waals surface area contributed by atoms with E-state index >= 15 is 0 Å². The molecule has 1 aromatic heterocycles. The second-order valence-corrected chi connectivity index (χ2v) is 12.5. The molecular formula is C20H30NSi+. The Labute approximate surface area is 139 Å². The predicted octanol–water partition coefficient (Wildman–Crippen LogP) is 4.23. The molecule has 2 aromatic rings. The molecule has 1 nitrogen and oxygen atoms in total. The van der Waals surface area contributed by atoms with Gasteiger partial charge in [-0.1, -0.05) is 51.7 Å². The normalized spacial score (nSPS) is 14.0. The van der Waals surface area contributed by atoms with Gasteiger partial charge in [-0.3, -0.25) is 0 Å². The number of hydrogen-bond acceptors (Lipinski definition) is 0. The van der Waals surface area contributed by atoms with E-state index in [1.54, 1.807) is 0 Å². The van der Waals surface area contributed by atoms with Gasteiger partial charge in [-0.15, -0.1) is 0 Å². The van der Waals surface area contributed by atoms with Gasteiger partial charge in [0.2, 0.25) is 5.69 Å². The van der Waals surface area contributed by atoms with Gasteiger partial charge < -0.3 is 0 Å². The van der Waals surface area contributed by atoms with E-state index in [9.17, 15) is 0 Å². The van der Waals surface area contributed by atoms with Crippen molar-refractivity contribution in [1.29, 1.82) is 0 Å². The van der Waals surface area contributed by atoms with Gasteiger partial charge in [-0.25, -0.2) is 4.57 Å². The third-order valence-corrected chi connectivity index (χ3v) is 5.96. The van der Waals surface area contributed by atoms with Crippen molar-refractivity contribution in [2.75, 3.05) is 0 Å². The van der Waals surface area contributed by atoms with Gasteiger partial charge >= 0.3 is 0 Å². The summed E-state index contributed by atoms with van der Waals surface area (Å²) >= 11 is 0. The van der Waals surface area contributed by atoms with Crippen molar-refractivity contribution in [3.63, 3.8) is 0 Å². The maximum Gasteiger partial charge on any atom is 0.215 e. The lowest BCUT2D eigenvalue weighted by Gasteiger charge is -2.19. The highest BCUT2D eigenvalue weighted by Gasteiger charge is 2.25. The summed E-state index contributed by atoms with van der Waals surface area (Å²) in [5.41, 5.74) is 4.10. The fourth-order valence-corrected chi connectivity index (χ4v) is 3.89. The number of nitrogens with zero attached hydrogens (tertiary/aromatic N) is 1. The molecule has 0 aliphatic heterocycles. The minimum absolute atomic E-state index is 0.0860. The molecule has 2 rings (SSSR count). The summed E-state index contributed by atoms with van der Waals surface area (Å²) in [4.78, 5) is 0. The third kappa shape index (κ3) is 3.67. The molecule has 2 heteroatoms. The molecule has 0 atom stereocenters. The maximum absolute atomic E-state index is 8.75. The lowest BCUT2D eigenvalue weighted by molar-refractivity contribution is -0.660. The Bertz CT molecular complexity index is 746. The predicted molar refractivity (Wildman–Crippen MR) is 99.3 cm³/mol. The molecule has 0 bridgehead atoms. The summed E-state index contributed by atoms with van der Waals surface area (Å²) in [6.45, 7) is 12.9. The van der Waals surface area contributed by atoms with Crippen LogP contribution in [0.1, 0.15) is 27.7 Å². The Kier molecular flexibility index (Phi) is 4.11. The molecule has 0 aliphatic rings. The van der Waals surface area contributed by atoms with Crippen LogP contribution >= 0.6 is 0 Å². The zero-order chi connectivity index (χ0) is 18.3. The molecule has 0 saturated carbocycles. The van der Waals surface area contributed by atoms with Crippen LogP contribution in [-0.2, 0) is 13.4 Å². The first-order valence-corrected chi connectivity index (χ1v) is 11.6. The Morgan fingerprint density at radius 3 is 2.36 bits per heavy atom.